The van der Waals surface area contributed by atoms with Crippen LogP contribution in [-0.4, -0.2) is 19.6 Å². The molecule has 0 amide bonds. The van der Waals surface area contributed by atoms with Gasteiger partial charge in [0.2, 0.25) is 0 Å². The number of anilines is 1. The van der Waals surface area contributed by atoms with E-state index in [1.165, 1.54) is 30.5 Å². The van der Waals surface area contributed by atoms with Crippen LogP contribution in [0.15, 0.2) is 18.2 Å². The SMILES string of the molecule is NCCCCc1ccc(N2CCCCC2)c(Cl)c1. The number of halogens is 1. The Morgan fingerprint density at radius 2 is 1.89 bits per heavy atom. The molecule has 1 aromatic carbocycles. The Hall–Kier alpha value is -0.730. The Bertz CT molecular complexity index is 373. The van der Waals surface area contributed by atoms with Gasteiger partial charge in [0.05, 0.1) is 10.7 Å². The first-order valence-corrected chi connectivity index (χ1v) is 7.42. The van der Waals surface area contributed by atoms with Crippen molar-refractivity contribution in [2.45, 2.75) is 38.5 Å². The standard InChI is InChI=1S/C15H23ClN2/c16-14-12-13(6-2-3-9-17)7-8-15(14)18-10-4-1-5-11-18/h7-8,12H,1-6,9-11,17H2. The molecule has 1 heterocycles. The Labute approximate surface area is 115 Å². The number of hydrogen-bond acceptors (Lipinski definition) is 2. The molecule has 0 saturated carbocycles. The summed E-state index contributed by atoms with van der Waals surface area (Å²) in [5, 5.41) is 0.905. The molecule has 0 spiro atoms. The van der Waals surface area contributed by atoms with E-state index in [0.717, 1.165) is 43.9 Å². The van der Waals surface area contributed by atoms with Crippen LogP contribution < -0.4 is 10.6 Å². The number of benzene rings is 1. The lowest BCUT2D eigenvalue weighted by atomic mass is 10.1. The van der Waals surface area contributed by atoms with Crippen molar-refractivity contribution in [1.29, 1.82) is 0 Å². The Kier molecular flexibility index (Phi) is 5.33. The van der Waals surface area contributed by atoms with E-state index in [4.69, 9.17) is 17.3 Å². The number of nitrogens with two attached hydrogens (primary N) is 1. The van der Waals surface area contributed by atoms with Gasteiger partial charge in [0.1, 0.15) is 0 Å². The third kappa shape index (κ3) is 3.63. The lowest BCUT2D eigenvalue weighted by Crippen LogP contribution is -2.29. The van der Waals surface area contributed by atoms with E-state index in [9.17, 15) is 0 Å². The highest BCUT2D eigenvalue weighted by atomic mass is 35.5. The highest BCUT2D eigenvalue weighted by Crippen LogP contribution is 2.29. The number of aryl methyl sites for hydroxylation is 1. The predicted octanol–water partition coefficient (Wildman–Crippen LogP) is 3.61. The molecular formula is C15H23ClN2. The summed E-state index contributed by atoms with van der Waals surface area (Å²) in [6.07, 6.45) is 7.24. The second-order valence-corrected chi connectivity index (χ2v) is 5.49. The zero-order valence-corrected chi connectivity index (χ0v) is 11.8. The normalized spacial score (nSPS) is 16.0. The summed E-state index contributed by atoms with van der Waals surface area (Å²) in [7, 11) is 0. The molecule has 2 rings (SSSR count). The second kappa shape index (κ2) is 7.01. The number of hydrogen-bond donors (Lipinski definition) is 1. The summed E-state index contributed by atoms with van der Waals surface area (Å²) in [6, 6.07) is 6.53. The first-order valence-electron chi connectivity index (χ1n) is 7.04. The summed E-state index contributed by atoms with van der Waals surface area (Å²) < 4.78 is 0. The molecule has 1 fully saturated rings. The highest BCUT2D eigenvalue weighted by Gasteiger charge is 2.13. The first-order chi connectivity index (χ1) is 8.81. The molecule has 0 bridgehead atoms. The van der Waals surface area contributed by atoms with Crippen molar-refractivity contribution in [3.8, 4) is 0 Å². The fourth-order valence-corrected chi connectivity index (χ4v) is 2.89. The van der Waals surface area contributed by atoms with E-state index in [2.05, 4.69) is 23.1 Å². The highest BCUT2D eigenvalue weighted by molar-refractivity contribution is 6.33. The van der Waals surface area contributed by atoms with Gasteiger partial charge in [-0.1, -0.05) is 17.7 Å². The first kappa shape index (κ1) is 13.7. The monoisotopic (exact) mass is 266 g/mol. The summed E-state index contributed by atoms with van der Waals surface area (Å²) in [5.74, 6) is 0. The van der Waals surface area contributed by atoms with Gasteiger partial charge < -0.3 is 10.6 Å². The van der Waals surface area contributed by atoms with E-state index < -0.39 is 0 Å². The maximum Gasteiger partial charge on any atom is 0.0642 e. The number of rotatable bonds is 5. The number of nitrogens with zero attached hydrogens (tertiary/aromatic N) is 1. The topological polar surface area (TPSA) is 29.3 Å². The van der Waals surface area contributed by atoms with E-state index >= 15 is 0 Å². The van der Waals surface area contributed by atoms with Gasteiger partial charge in [-0.15, -0.1) is 0 Å². The van der Waals surface area contributed by atoms with Crippen LogP contribution in [0.2, 0.25) is 5.02 Å². The van der Waals surface area contributed by atoms with Crippen LogP contribution in [0.25, 0.3) is 0 Å². The maximum absolute atomic E-state index is 6.41. The average Bonchev–Trinajstić information content (AvgIpc) is 2.40. The van der Waals surface area contributed by atoms with E-state index in [1.54, 1.807) is 0 Å². The van der Waals surface area contributed by atoms with Crippen LogP contribution in [0.5, 0.6) is 0 Å². The average molecular weight is 267 g/mol. The van der Waals surface area contributed by atoms with Crippen LogP contribution in [0, 0.1) is 0 Å². The fraction of sp³-hybridized carbons (Fsp3) is 0.600. The van der Waals surface area contributed by atoms with Gasteiger partial charge in [0.15, 0.2) is 0 Å². The minimum absolute atomic E-state index is 0.777. The van der Waals surface area contributed by atoms with Gasteiger partial charge in [0, 0.05) is 13.1 Å². The van der Waals surface area contributed by atoms with Crippen molar-refractivity contribution < 1.29 is 0 Å². The number of unbranched alkanes of at least 4 members (excludes halogenated alkanes) is 1. The molecule has 3 heteroatoms. The van der Waals surface area contributed by atoms with Crippen molar-refractivity contribution >= 4 is 17.3 Å². The molecule has 0 atom stereocenters. The Morgan fingerprint density at radius 3 is 2.56 bits per heavy atom. The van der Waals surface area contributed by atoms with Crippen molar-refractivity contribution in [1.82, 2.24) is 0 Å². The van der Waals surface area contributed by atoms with Crippen LogP contribution in [0.3, 0.4) is 0 Å². The van der Waals surface area contributed by atoms with Gasteiger partial charge in [-0.25, -0.2) is 0 Å². The Morgan fingerprint density at radius 1 is 1.11 bits per heavy atom. The van der Waals surface area contributed by atoms with Crippen molar-refractivity contribution in [3.63, 3.8) is 0 Å². The van der Waals surface area contributed by atoms with E-state index in [0.29, 0.717) is 0 Å². The van der Waals surface area contributed by atoms with Gasteiger partial charge >= 0.3 is 0 Å². The molecule has 2 nitrogen and oxygen atoms in total. The molecular weight excluding hydrogens is 244 g/mol. The van der Waals surface area contributed by atoms with Crippen LogP contribution in [0.4, 0.5) is 5.69 Å². The molecule has 18 heavy (non-hydrogen) atoms. The minimum atomic E-state index is 0.777. The summed E-state index contributed by atoms with van der Waals surface area (Å²) >= 11 is 6.41. The van der Waals surface area contributed by atoms with E-state index in [-0.39, 0.29) is 0 Å². The van der Waals surface area contributed by atoms with Gasteiger partial charge in [-0.2, -0.15) is 0 Å². The molecule has 0 radical (unpaired) electrons. The summed E-state index contributed by atoms with van der Waals surface area (Å²) in [6.45, 7) is 3.07. The molecule has 1 aromatic rings. The van der Waals surface area contributed by atoms with Gasteiger partial charge in [-0.05, 0) is 62.8 Å². The quantitative estimate of drug-likeness (QED) is 0.825. The van der Waals surface area contributed by atoms with Crippen molar-refractivity contribution in [2.75, 3.05) is 24.5 Å². The molecule has 0 unspecified atom stereocenters. The summed E-state index contributed by atoms with van der Waals surface area (Å²) in [5.41, 5.74) is 8.05. The predicted molar refractivity (Wildman–Crippen MR) is 79.5 cm³/mol. The molecule has 100 valence electrons. The zero-order valence-electron chi connectivity index (χ0n) is 11.0. The lowest BCUT2D eigenvalue weighted by Gasteiger charge is -2.29. The molecule has 1 saturated heterocycles. The number of piperidine rings is 1. The van der Waals surface area contributed by atoms with Crippen molar-refractivity contribution in [3.05, 3.63) is 28.8 Å². The minimum Gasteiger partial charge on any atom is -0.370 e. The lowest BCUT2D eigenvalue weighted by molar-refractivity contribution is 0.578. The summed E-state index contributed by atoms with van der Waals surface area (Å²) in [4.78, 5) is 2.41. The fourth-order valence-electron chi connectivity index (χ4n) is 2.57. The second-order valence-electron chi connectivity index (χ2n) is 5.08. The maximum atomic E-state index is 6.41. The third-order valence-corrected chi connectivity index (χ3v) is 3.93. The van der Waals surface area contributed by atoms with Crippen LogP contribution in [0.1, 0.15) is 37.7 Å². The van der Waals surface area contributed by atoms with Crippen LogP contribution >= 0.6 is 11.6 Å². The Balaban J connectivity index is 2.00. The smallest absolute Gasteiger partial charge is 0.0642 e. The molecule has 2 N–H and O–H groups in total. The third-order valence-electron chi connectivity index (χ3n) is 3.63. The van der Waals surface area contributed by atoms with Crippen LogP contribution in [-0.2, 0) is 6.42 Å². The van der Waals surface area contributed by atoms with Gasteiger partial charge in [0.25, 0.3) is 0 Å². The van der Waals surface area contributed by atoms with E-state index in [1.807, 2.05) is 0 Å². The zero-order chi connectivity index (χ0) is 12.8. The molecule has 1 aliphatic rings. The molecule has 1 aliphatic heterocycles. The molecule has 0 aromatic heterocycles. The van der Waals surface area contributed by atoms with Gasteiger partial charge in [-0.3, -0.25) is 0 Å². The largest absolute Gasteiger partial charge is 0.370 e. The molecule has 0 aliphatic carbocycles. The van der Waals surface area contributed by atoms with Crippen molar-refractivity contribution in [2.24, 2.45) is 5.73 Å².